The smallest absolute Gasteiger partial charge is 0.253 e. The van der Waals surface area contributed by atoms with E-state index >= 15 is 0 Å². The molecular weight excluding hydrogens is 452 g/mol. The molecule has 7 nitrogen and oxygen atoms in total. The van der Waals surface area contributed by atoms with Crippen molar-refractivity contribution in [1.29, 1.82) is 0 Å². The first-order chi connectivity index (χ1) is 17.6. The predicted molar refractivity (Wildman–Crippen MR) is 139 cm³/mol. The number of aromatic nitrogens is 2. The number of benzene rings is 3. The summed E-state index contributed by atoms with van der Waals surface area (Å²) in [6.45, 7) is 0.982. The number of para-hydroxylation sites is 1. The molecule has 2 heterocycles. The molecule has 1 atom stereocenters. The van der Waals surface area contributed by atoms with Gasteiger partial charge in [-0.25, -0.2) is 4.68 Å². The molecule has 4 aromatic rings. The van der Waals surface area contributed by atoms with Crippen LogP contribution in [0.25, 0.3) is 16.9 Å². The Morgan fingerprint density at radius 2 is 1.78 bits per heavy atom. The Hall–Kier alpha value is -4.23. The fourth-order valence-corrected chi connectivity index (χ4v) is 4.36. The minimum atomic E-state index is -0.426. The van der Waals surface area contributed by atoms with Crippen molar-refractivity contribution >= 4 is 17.5 Å². The highest BCUT2D eigenvalue weighted by Gasteiger charge is 2.24. The Morgan fingerprint density at radius 3 is 2.50 bits per heavy atom. The largest absolute Gasteiger partial charge is 0.368 e. The Balaban J connectivity index is 1.36. The van der Waals surface area contributed by atoms with Crippen molar-refractivity contribution in [1.82, 2.24) is 14.7 Å². The Labute approximate surface area is 210 Å². The van der Waals surface area contributed by atoms with Gasteiger partial charge in [-0.3, -0.25) is 9.59 Å². The third-order valence-electron chi connectivity index (χ3n) is 6.21. The quantitative estimate of drug-likeness (QED) is 0.407. The van der Waals surface area contributed by atoms with Crippen LogP contribution in [0.15, 0.2) is 91.1 Å². The fourth-order valence-electron chi connectivity index (χ4n) is 4.36. The number of hydrogen-bond acceptors (Lipinski definition) is 4. The minimum absolute atomic E-state index is 0.144. The van der Waals surface area contributed by atoms with Gasteiger partial charge in [0.25, 0.3) is 11.8 Å². The molecule has 1 aliphatic heterocycles. The van der Waals surface area contributed by atoms with E-state index < -0.39 is 6.10 Å². The van der Waals surface area contributed by atoms with Gasteiger partial charge in [-0.05, 0) is 43.2 Å². The van der Waals surface area contributed by atoms with E-state index in [1.807, 2.05) is 71.5 Å². The molecule has 182 valence electrons. The molecule has 1 unspecified atom stereocenters. The molecular formula is C29H28N4O3. The molecule has 7 heteroatoms. The number of hydrogen-bond donors (Lipinski definition) is 1. The number of anilines is 1. The SMILES string of the molecule is CN(Cc1cn(-c2ccccc2)nc1-c1ccccc1)C(=O)c1cccc(NC(=O)C2CCCO2)c1. The summed E-state index contributed by atoms with van der Waals surface area (Å²) in [7, 11) is 1.77. The summed E-state index contributed by atoms with van der Waals surface area (Å²) in [6, 6.07) is 26.9. The van der Waals surface area contributed by atoms with Crippen LogP contribution in [0.5, 0.6) is 0 Å². The maximum Gasteiger partial charge on any atom is 0.253 e. The van der Waals surface area contributed by atoms with Gasteiger partial charge in [0, 0.05) is 48.8 Å². The highest BCUT2D eigenvalue weighted by Crippen LogP contribution is 2.25. The molecule has 0 bridgehead atoms. The summed E-state index contributed by atoms with van der Waals surface area (Å²) in [5.41, 5.74) is 4.78. The van der Waals surface area contributed by atoms with Crippen molar-refractivity contribution in [3.8, 4) is 16.9 Å². The number of ether oxygens (including phenoxy) is 1. The van der Waals surface area contributed by atoms with Crippen LogP contribution in [-0.4, -0.2) is 46.3 Å². The second kappa shape index (κ2) is 10.6. The average Bonchev–Trinajstić information content (AvgIpc) is 3.60. The van der Waals surface area contributed by atoms with Gasteiger partial charge in [-0.15, -0.1) is 0 Å². The van der Waals surface area contributed by atoms with Crippen LogP contribution in [0.2, 0.25) is 0 Å². The van der Waals surface area contributed by atoms with Crippen LogP contribution in [0.4, 0.5) is 5.69 Å². The second-order valence-electron chi connectivity index (χ2n) is 8.88. The van der Waals surface area contributed by atoms with Crippen molar-refractivity contribution in [3.63, 3.8) is 0 Å². The van der Waals surface area contributed by atoms with Crippen molar-refractivity contribution < 1.29 is 14.3 Å². The molecule has 0 radical (unpaired) electrons. The number of carbonyl (C=O) groups excluding carboxylic acids is 2. The van der Waals surface area contributed by atoms with E-state index in [4.69, 9.17) is 9.84 Å². The minimum Gasteiger partial charge on any atom is -0.368 e. The summed E-state index contributed by atoms with van der Waals surface area (Å²) in [5.74, 6) is -0.319. The summed E-state index contributed by atoms with van der Waals surface area (Å²) in [6.07, 6.45) is 3.14. The van der Waals surface area contributed by atoms with E-state index in [-0.39, 0.29) is 11.8 Å². The number of nitrogens with zero attached hydrogens (tertiary/aromatic N) is 3. The standard InChI is InChI=1S/C29H28N4O3/c1-32(29(35)22-12-8-13-24(18-22)30-28(34)26-16-9-17-36-26)19-23-20-33(25-14-6-3-7-15-25)31-27(23)21-10-4-2-5-11-21/h2-8,10-15,18,20,26H,9,16-17,19H2,1H3,(H,30,34). The maximum atomic E-state index is 13.3. The van der Waals surface area contributed by atoms with E-state index in [1.165, 1.54) is 0 Å². The lowest BCUT2D eigenvalue weighted by Gasteiger charge is -2.18. The van der Waals surface area contributed by atoms with Gasteiger partial charge in [0.05, 0.1) is 11.4 Å². The van der Waals surface area contributed by atoms with Gasteiger partial charge in [0.2, 0.25) is 0 Å². The van der Waals surface area contributed by atoms with Crippen LogP contribution < -0.4 is 5.32 Å². The van der Waals surface area contributed by atoms with Crippen LogP contribution in [0.3, 0.4) is 0 Å². The average molecular weight is 481 g/mol. The first-order valence-corrected chi connectivity index (χ1v) is 12.1. The molecule has 5 rings (SSSR count). The summed E-state index contributed by atoms with van der Waals surface area (Å²) in [4.78, 5) is 27.4. The first-order valence-electron chi connectivity index (χ1n) is 12.1. The van der Waals surface area contributed by atoms with Gasteiger partial charge in [-0.2, -0.15) is 5.10 Å². The maximum absolute atomic E-state index is 13.3. The summed E-state index contributed by atoms with van der Waals surface area (Å²) >= 11 is 0. The van der Waals surface area contributed by atoms with Crippen LogP contribution >= 0.6 is 0 Å². The van der Waals surface area contributed by atoms with Crippen molar-refractivity contribution in [2.45, 2.75) is 25.5 Å². The lowest BCUT2D eigenvalue weighted by atomic mass is 10.1. The van der Waals surface area contributed by atoms with Crippen LogP contribution in [-0.2, 0) is 16.1 Å². The van der Waals surface area contributed by atoms with Gasteiger partial charge in [0.1, 0.15) is 6.10 Å². The fraction of sp³-hybridized carbons (Fsp3) is 0.207. The molecule has 0 saturated carbocycles. The summed E-state index contributed by atoms with van der Waals surface area (Å²) in [5, 5.41) is 7.71. The number of carbonyl (C=O) groups is 2. The van der Waals surface area contributed by atoms with E-state index in [1.54, 1.807) is 36.2 Å². The first kappa shape index (κ1) is 23.5. The molecule has 1 saturated heterocycles. The highest BCUT2D eigenvalue weighted by molar-refractivity contribution is 5.98. The van der Waals surface area contributed by atoms with Gasteiger partial charge < -0.3 is 15.0 Å². The number of amides is 2. The molecule has 1 aliphatic rings. The van der Waals surface area contributed by atoms with Crippen molar-refractivity contribution in [2.75, 3.05) is 19.0 Å². The van der Waals surface area contributed by atoms with Crippen LogP contribution in [0, 0.1) is 0 Å². The lowest BCUT2D eigenvalue weighted by molar-refractivity contribution is -0.124. The van der Waals surface area contributed by atoms with E-state index in [9.17, 15) is 9.59 Å². The zero-order chi connectivity index (χ0) is 24.9. The third kappa shape index (κ3) is 5.21. The summed E-state index contributed by atoms with van der Waals surface area (Å²) < 4.78 is 7.30. The monoisotopic (exact) mass is 480 g/mol. The molecule has 3 aromatic carbocycles. The van der Waals surface area contributed by atoms with E-state index in [0.717, 1.165) is 28.9 Å². The Morgan fingerprint density at radius 1 is 1.03 bits per heavy atom. The predicted octanol–water partition coefficient (Wildman–Crippen LogP) is 4.93. The molecule has 2 amide bonds. The Kier molecular flexibility index (Phi) is 6.91. The molecule has 1 fully saturated rings. The zero-order valence-corrected chi connectivity index (χ0v) is 20.1. The molecule has 36 heavy (non-hydrogen) atoms. The number of rotatable bonds is 7. The second-order valence-corrected chi connectivity index (χ2v) is 8.88. The van der Waals surface area contributed by atoms with Gasteiger partial charge in [0.15, 0.2) is 0 Å². The lowest BCUT2D eigenvalue weighted by Crippen LogP contribution is -2.28. The third-order valence-corrected chi connectivity index (χ3v) is 6.21. The zero-order valence-electron chi connectivity index (χ0n) is 20.1. The normalized spacial score (nSPS) is 15.0. The topological polar surface area (TPSA) is 76.5 Å². The Bertz CT molecular complexity index is 1350. The van der Waals surface area contributed by atoms with E-state index in [0.29, 0.717) is 30.8 Å². The molecule has 1 N–H and O–H groups in total. The van der Waals surface area contributed by atoms with Crippen LogP contribution in [0.1, 0.15) is 28.8 Å². The molecule has 0 spiro atoms. The molecule has 0 aliphatic carbocycles. The number of nitrogens with one attached hydrogen (secondary N) is 1. The van der Waals surface area contributed by atoms with E-state index in [2.05, 4.69) is 5.32 Å². The van der Waals surface area contributed by atoms with Gasteiger partial charge in [-0.1, -0.05) is 54.6 Å². The molecule has 1 aromatic heterocycles. The highest BCUT2D eigenvalue weighted by atomic mass is 16.5. The van der Waals surface area contributed by atoms with Crippen molar-refractivity contribution in [2.24, 2.45) is 0 Å². The van der Waals surface area contributed by atoms with Gasteiger partial charge >= 0.3 is 0 Å². The van der Waals surface area contributed by atoms with Crippen molar-refractivity contribution in [3.05, 3.63) is 102 Å².